The quantitative estimate of drug-likeness (QED) is 0.275. The fraction of sp³-hybridized carbons (Fsp3) is 0.136. The highest BCUT2D eigenvalue weighted by molar-refractivity contribution is 7.98. The van der Waals surface area contributed by atoms with Crippen molar-refractivity contribution in [3.63, 3.8) is 0 Å². The van der Waals surface area contributed by atoms with Crippen molar-refractivity contribution >= 4 is 11.8 Å². The molecule has 8 heteroatoms. The van der Waals surface area contributed by atoms with E-state index in [1.54, 1.807) is 24.3 Å². The van der Waals surface area contributed by atoms with Gasteiger partial charge < -0.3 is 9.26 Å². The molecule has 0 amide bonds. The first-order chi connectivity index (χ1) is 14.7. The second-order valence-electron chi connectivity index (χ2n) is 6.35. The molecule has 0 bridgehead atoms. The second kappa shape index (κ2) is 9.41. The smallest absolute Gasteiger partial charge is 0.192 e. The number of halogens is 1. The largest absolute Gasteiger partial charge is 0.483 e. The number of ether oxygens (including phenoxy) is 1. The van der Waals surface area contributed by atoms with Gasteiger partial charge in [0, 0.05) is 18.2 Å². The molecule has 2 aromatic carbocycles. The number of benzene rings is 2. The number of aromatic nitrogens is 4. The number of rotatable bonds is 9. The first kappa shape index (κ1) is 19.9. The van der Waals surface area contributed by atoms with Crippen molar-refractivity contribution in [1.29, 1.82) is 0 Å². The van der Waals surface area contributed by atoms with Gasteiger partial charge in [0.05, 0.1) is 5.75 Å². The predicted molar refractivity (Wildman–Crippen MR) is 112 cm³/mol. The molecular weight excluding hydrogens is 403 g/mol. The van der Waals surface area contributed by atoms with Crippen LogP contribution >= 0.6 is 11.8 Å². The van der Waals surface area contributed by atoms with Crippen molar-refractivity contribution in [2.24, 2.45) is 0 Å². The summed E-state index contributed by atoms with van der Waals surface area (Å²) < 4.78 is 26.7. The van der Waals surface area contributed by atoms with Crippen molar-refractivity contribution in [3.05, 3.63) is 90.7 Å². The fourth-order valence-corrected chi connectivity index (χ4v) is 3.65. The van der Waals surface area contributed by atoms with E-state index in [4.69, 9.17) is 9.26 Å². The minimum atomic E-state index is -0.415. The van der Waals surface area contributed by atoms with Crippen LogP contribution < -0.4 is 4.74 Å². The Bertz CT molecular complexity index is 1130. The Kier molecular flexibility index (Phi) is 6.24. The van der Waals surface area contributed by atoms with E-state index in [-0.39, 0.29) is 12.4 Å². The Balaban J connectivity index is 1.44. The molecular formula is C22H19FN4O2S. The van der Waals surface area contributed by atoms with Crippen LogP contribution in [0.1, 0.15) is 11.6 Å². The summed E-state index contributed by atoms with van der Waals surface area (Å²) in [6.07, 6.45) is 1.75. The lowest BCUT2D eigenvalue weighted by molar-refractivity contribution is 0.275. The van der Waals surface area contributed by atoms with Crippen LogP contribution in [0.5, 0.6) is 5.75 Å². The van der Waals surface area contributed by atoms with Gasteiger partial charge in [-0.05, 0) is 12.1 Å². The standard InChI is InChI=1S/C22H19FN4O2S/c1-2-12-27-21(14-28-20-11-7-6-10-18(20)23)24-25-22(27)30-15-17-13-19(26-29-17)16-8-4-3-5-9-16/h2-11,13H,1,12,14-15H2. The Hall–Kier alpha value is -3.39. The topological polar surface area (TPSA) is 66.0 Å². The Morgan fingerprint density at radius 1 is 1.10 bits per heavy atom. The van der Waals surface area contributed by atoms with Crippen LogP contribution in [0.2, 0.25) is 0 Å². The third-order valence-corrected chi connectivity index (χ3v) is 5.26. The van der Waals surface area contributed by atoms with Crippen LogP contribution in [0.25, 0.3) is 11.3 Å². The highest BCUT2D eigenvalue weighted by Gasteiger charge is 2.15. The average molecular weight is 422 g/mol. The van der Waals surface area contributed by atoms with Crippen molar-refractivity contribution in [2.75, 3.05) is 0 Å². The Labute approximate surface area is 177 Å². The highest BCUT2D eigenvalue weighted by Crippen LogP contribution is 2.26. The Morgan fingerprint density at radius 3 is 2.70 bits per heavy atom. The second-order valence-corrected chi connectivity index (χ2v) is 7.29. The van der Waals surface area contributed by atoms with Gasteiger partial charge in [-0.3, -0.25) is 4.57 Å². The van der Waals surface area contributed by atoms with Gasteiger partial charge in [0.25, 0.3) is 0 Å². The third kappa shape index (κ3) is 4.60. The van der Waals surface area contributed by atoms with Crippen LogP contribution in [0, 0.1) is 5.82 Å². The van der Waals surface area contributed by atoms with E-state index in [0.717, 1.165) is 17.0 Å². The lowest BCUT2D eigenvalue weighted by Gasteiger charge is -2.09. The molecule has 0 aliphatic heterocycles. The van der Waals surface area contributed by atoms with E-state index < -0.39 is 5.82 Å². The summed E-state index contributed by atoms with van der Waals surface area (Å²) in [5, 5.41) is 13.3. The van der Waals surface area contributed by atoms with E-state index in [2.05, 4.69) is 21.9 Å². The summed E-state index contributed by atoms with van der Waals surface area (Å²) in [5.41, 5.74) is 1.79. The minimum absolute atomic E-state index is 0.1000. The van der Waals surface area contributed by atoms with Crippen molar-refractivity contribution < 1.29 is 13.7 Å². The molecule has 0 saturated heterocycles. The van der Waals surface area contributed by atoms with Crippen LogP contribution in [-0.2, 0) is 18.9 Å². The number of thioether (sulfide) groups is 1. The van der Waals surface area contributed by atoms with Crippen LogP contribution in [0.15, 0.2) is 83.0 Å². The van der Waals surface area contributed by atoms with E-state index in [1.165, 1.54) is 17.8 Å². The van der Waals surface area contributed by atoms with Crippen LogP contribution in [0.4, 0.5) is 4.39 Å². The van der Waals surface area contributed by atoms with Gasteiger partial charge in [0.1, 0.15) is 18.1 Å². The number of para-hydroxylation sites is 1. The predicted octanol–water partition coefficient (Wildman–Crippen LogP) is 5.13. The average Bonchev–Trinajstić information content (AvgIpc) is 3.40. The summed E-state index contributed by atoms with van der Waals surface area (Å²) in [7, 11) is 0. The van der Waals surface area contributed by atoms with Crippen LogP contribution in [0.3, 0.4) is 0 Å². The summed E-state index contributed by atoms with van der Waals surface area (Å²) >= 11 is 1.47. The number of hydrogen-bond donors (Lipinski definition) is 0. The first-order valence-electron chi connectivity index (χ1n) is 9.28. The SMILES string of the molecule is C=CCn1c(COc2ccccc2F)nnc1SCc1cc(-c2ccccc2)no1. The molecule has 0 spiro atoms. The first-order valence-corrected chi connectivity index (χ1v) is 10.3. The molecule has 0 aliphatic carbocycles. The number of allylic oxidation sites excluding steroid dienone is 1. The lowest BCUT2D eigenvalue weighted by atomic mass is 10.1. The molecule has 4 rings (SSSR count). The zero-order valence-corrected chi connectivity index (χ0v) is 16.9. The van der Waals surface area contributed by atoms with Crippen LogP contribution in [-0.4, -0.2) is 19.9 Å². The lowest BCUT2D eigenvalue weighted by Crippen LogP contribution is -2.08. The van der Waals surface area contributed by atoms with E-state index >= 15 is 0 Å². The van der Waals surface area contributed by atoms with Gasteiger partial charge in [0.15, 0.2) is 22.5 Å². The molecule has 0 fully saturated rings. The van der Waals surface area contributed by atoms with Gasteiger partial charge in [-0.15, -0.1) is 16.8 Å². The van der Waals surface area contributed by atoms with Gasteiger partial charge in [-0.1, -0.05) is 65.5 Å². The summed E-state index contributed by atoms with van der Waals surface area (Å²) in [4.78, 5) is 0. The summed E-state index contributed by atoms with van der Waals surface area (Å²) in [6.45, 7) is 4.40. The molecule has 4 aromatic rings. The molecule has 0 aliphatic rings. The van der Waals surface area contributed by atoms with Crippen molar-refractivity contribution in [2.45, 2.75) is 24.1 Å². The van der Waals surface area contributed by atoms with Crippen molar-refractivity contribution in [1.82, 2.24) is 19.9 Å². The zero-order valence-electron chi connectivity index (χ0n) is 16.1. The molecule has 2 aromatic heterocycles. The maximum absolute atomic E-state index is 13.8. The minimum Gasteiger partial charge on any atom is -0.483 e. The van der Waals surface area contributed by atoms with E-state index in [0.29, 0.717) is 23.3 Å². The molecule has 0 saturated carbocycles. The van der Waals surface area contributed by atoms with Crippen molar-refractivity contribution in [3.8, 4) is 17.0 Å². The maximum Gasteiger partial charge on any atom is 0.192 e. The molecule has 0 radical (unpaired) electrons. The van der Waals surface area contributed by atoms with Gasteiger partial charge >= 0.3 is 0 Å². The third-order valence-electron chi connectivity index (χ3n) is 4.27. The molecule has 0 unspecified atom stereocenters. The normalized spacial score (nSPS) is 10.8. The molecule has 0 atom stereocenters. The fourth-order valence-electron chi connectivity index (χ4n) is 2.81. The molecule has 30 heavy (non-hydrogen) atoms. The number of nitrogens with zero attached hydrogens (tertiary/aromatic N) is 4. The monoisotopic (exact) mass is 422 g/mol. The molecule has 2 heterocycles. The number of hydrogen-bond acceptors (Lipinski definition) is 6. The van der Waals surface area contributed by atoms with E-state index in [1.807, 2.05) is 41.0 Å². The Morgan fingerprint density at radius 2 is 1.90 bits per heavy atom. The summed E-state index contributed by atoms with van der Waals surface area (Å²) in [6, 6.07) is 18.0. The molecule has 152 valence electrons. The van der Waals surface area contributed by atoms with Gasteiger partial charge in [-0.2, -0.15) is 0 Å². The van der Waals surface area contributed by atoms with Gasteiger partial charge in [-0.25, -0.2) is 4.39 Å². The van der Waals surface area contributed by atoms with E-state index in [9.17, 15) is 4.39 Å². The molecule has 0 N–H and O–H groups in total. The highest BCUT2D eigenvalue weighted by atomic mass is 32.2. The van der Waals surface area contributed by atoms with Gasteiger partial charge in [0.2, 0.25) is 0 Å². The maximum atomic E-state index is 13.8. The zero-order chi connectivity index (χ0) is 20.8. The summed E-state index contributed by atoms with van der Waals surface area (Å²) in [5.74, 6) is 1.62. The molecule has 6 nitrogen and oxygen atoms in total.